The Labute approximate surface area is 125 Å². The van der Waals surface area contributed by atoms with E-state index in [0.29, 0.717) is 6.54 Å². The van der Waals surface area contributed by atoms with E-state index in [9.17, 15) is 0 Å². The van der Waals surface area contributed by atoms with E-state index in [0.717, 1.165) is 17.0 Å². The van der Waals surface area contributed by atoms with Crippen molar-refractivity contribution in [3.63, 3.8) is 0 Å². The molecule has 0 aromatic heterocycles. The molecule has 0 saturated heterocycles. The van der Waals surface area contributed by atoms with Crippen LogP contribution in [-0.2, 0) is 6.54 Å². The van der Waals surface area contributed by atoms with Gasteiger partial charge in [-0.25, -0.2) is 0 Å². The molecule has 0 aliphatic heterocycles. The van der Waals surface area contributed by atoms with Crippen LogP contribution >= 0.6 is 0 Å². The first-order valence-corrected chi connectivity index (χ1v) is 6.79. The van der Waals surface area contributed by atoms with Gasteiger partial charge in [0.25, 0.3) is 0 Å². The highest BCUT2D eigenvalue weighted by Crippen LogP contribution is 2.21. The molecule has 108 valence electrons. The van der Waals surface area contributed by atoms with Crippen molar-refractivity contribution in [1.29, 1.82) is 5.26 Å². The standard InChI is InChI=1S/C17H19N3O/c1-20(2)16-9-7-15(8-10-16)19-13-14-5-3-4-6-17(14)21-12-11-18/h3-10,19H,12-13H2,1-2H3. The predicted molar refractivity (Wildman–Crippen MR) is 85.6 cm³/mol. The number of nitriles is 1. The van der Waals surface area contributed by atoms with Gasteiger partial charge in [0.1, 0.15) is 11.8 Å². The Bertz CT molecular complexity index is 615. The average Bonchev–Trinajstić information content (AvgIpc) is 2.52. The first kappa shape index (κ1) is 14.7. The number of hydrogen-bond donors (Lipinski definition) is 1. The van der Waals surface area contributed by atoms with Crippen molar-refractivity contribution in [3.8, 4) is 11.8 Å². The second kappa shape index (κ2) is 7.20. The van der Waals surface area contributed by atoms with Gasteiger partial charge in [0.05, 0.1) is 0 Å². The van der Waals surface area contributed by atoms with Crippen molar-refractivity contribution < 1.29 is 4.74 Å². The molecule has 0 unspecified atom stereocenters. The zero-order valence-corrected chi connectivity index (χ0v) is 12.3. The van der Waals surface area contributed by atoms with Gasteiger partial charge in [0, 0.05) is 37.6 Å². The first-order valence-electron chi connectivity index (χ1n) is 6.79. The summed E-state index contributed by atoms with van der Waals surface area (Å²) in [6.07, 6.45) is 0. The molecule has 0 atom stereocenters. The molecule has 4 heteroatoms. The van der Waals surface area contributed by atoms with Crippen LogP contribution in [0.1, 0.15) is 5.56 Å². The fourth-order valence-electron chi connectivity index (χ4n) is 1.98. The maximum absolute atomic E-state index is 8.60. The zero-order chi connectivity index (χ0) is 15.1. The van der Waals surface area contributed by atoms with Crippen molar-refractivity contribution in [1.82, 2.24) is 0 Å². The van der Waals surface area contributed by atoms with Gasteiger partial charge in [-0.1, -0.05) is 18.2 Å². The fourth-order valence-corrected chi connectivity index (χ4v) is 1.98. The average molecular weight is 281 g/mol. The minimum absolute atomic E-state index is 0.0640. The van der Waals surface area contributed by atoms with E-state index in [1.54, 1.807) is 0 Å². The summed E-state index contributed by atoms with van der Waals surface area (Å²) in [4.78, 5) is 2.06. The Morgan fingerprint density at radius 2 is 1.81 bits per heavy atom. The molecule has 0 radical (unpaired) electrons. The van der Waals surface area contributed by atoms with E-state index in [4.69, 9.17) is 10.00 Å². The SMILES string of the molecule is CN(C)c1ccc(NCc2ccccc2OCC#N)cc1. The summed E-state index contributed by atoms with van der Waals surface area (Å²) >= 11 is 0. The Balaban J connectivity index is 2.01. The van der Waals surface area contributed by atoms with Crippen LogP contribution in [0.15, 0.2) is 48.5 Å². The van der Waals surface area contributed by atoms with Crippen LogP contribution in [0.25, 0.3) is 0 Å². The van der Waals surface area contributed by atoms with Gasteiger partial charge < -0.3 is 15.0 Å². The highest BCUT2D eigenvalue weighted by Gasteiger charge is 2.03. The molecule has 0 bridgehead atoms. The largest absolute Gasteiger partial charge is 0.478 e. The fraction of sp³-hybridized carbons (Fsp3) is 0.235. The molecular weight excluding hydrogens is 262 g/mol. The minimum Gasteiger partial charge on any atom is -0.478 e. The van der Waals surface area contributed by atoms with Crippen LogP contribution in [0.4, 0.5) is 11.4 Å². The summed E-state index contributed by atoms with van der Waals surface area (Å²) in [7, 11) is 4.04. The summed E-state index contributed by atoms with van der Waals surface area (Å²) in [6, 6.07) is 18.0. The third-order valence-corrected chi connectivity index (χ3v) is 3.13. The third kappa shape index (κ3) is 4.15. The summed E-state index contributed by atoms with van der Waals surface area (Å²) in [5, 5.41) is 12.0. The molecule has 0 spiro atoms. The van der Waals surface area contributed by atoms with Crippen LogP contribution in [0.3, 0.4) is 0 Å². The smallest absolute Gasteiger partial charge is 0.174 e. The lowest BCUT2D eigenvalue weighted by molar-refractivity contribution is 0.364. The minimum atomic E-state index is 0.0640. The Morgan fingerprint density at radius 1 is 1.10 bits per heavy atom. The molecule has 0 aliphatic carbocycles. The summed E-state index contributed by atoms with van der Waals surface area (Å²) in [5.74, 6) is 0.747. The molecule has 0 saturated carbocycles. The van der Waals surface area contributed by atoms with Crippen LogP contribution in [-0.4, -0.2) is 20.7 Å². The number of anilines is 2. The quantitative estimate of drug-likeness (QED) is 0.883. The second-order valence-electron chi connectivity index (χ2n) is 4.85. The van der Waals surface area contributed by atoms with Gasteiger partial charge >= 0.3 is 0 Å². The number of hydrogen-bond acceptors (Lipinski definition) is 4. The topological polar surface area (TPSA) is 48.3 Å². The molecule has 4 nitrogen and oxygen atoms in total. The summed E-state index contributed by atoms with van der Waals surface area (Å²) in [6.45, 7) is 0.720. The van der Waals surface area contributed by atoms with E-state index >= 15 is 0 Å². The number of nitrogens with one attached hydrogen (secondary N) is 1. The lowest BCUT2D eigenvalue weighted by Crippen LogP contribution is -2.08. The Morgan fingerprint density at radius 3 is 2.48 bits per heavy atom. The molecule has 0 aliphatic rings. The number of ether oxygens (including phenoxy) is 1. The Hall–Kier alpha value is -2.67. The highest BCUT2D eigenvalue weighted by atomic mass is 16.5. The van der Waals surface area contributed by atoms with E-state index in [1.165, 1.54) is 5.69 Å². The molecule has 1 N–H and O–H groups in total. The van der Waals surface area contributed by atoms with Crippen molar-refractivity contribution in [3.05, 3.63) is 54.1 Å². The molecule has 2 rings (SSSR count). The molecule has 2 aromatic rings. The van der Waals surface area contributed by atoms with Crippen LogP contribution < -0.4 is 15.0 Å². The molecule has 2 aromatic carbocycles. The highest BCUT2D eigenvalue weighted by molar-refractivity contribution is 5.54. The van der Waals surface area contributed by atoms with Crippen LogP contribution in [0, 0.1) is 11.3 Å². The third-order valence-electron chi connectivity index (χ3n) is 3.13. The molecule has 0 heterocycles. The lowest BCUT2D eigenvalue weighted by Gasteiger charge is -2.14. The summed E-state index contributed by atoms with van der Waals surface area (Å²) in [5.41, 5.74) is 3.25. The summed E-state index contributed by atoms with van der Waals surface area (Å²) < 4.78 is 5.42. The molecule has 21 heavy (non-hydrogen) atoms. The van der Waals surface area contributed by atoms with Gasteiger partial charge in [-0.15, -0.1) is 0 Å². The predicted octanol–water partition coefficient (Wildman–Crippen LogP) is 3.27. The van der Waals surface area contributed by atoms with E-state index in [1.807, 2.05) is 56.6 Å². The van der Waals surface area contributed by atoms with E-state index < -0.39 is 0 Å². The van der Waals surface area contributed by atoms with Crippen LogP contribution in [0.2, 0.25) is 0 Å². The number of para-hydroxylation sites is 1. The van der Waals surface area contributed by atoms with Crippen molar-refractivity contribution >= 4 is 11.4 Å². The van der Waals surface area contributed by atoms with Gasteiger partial charge in [0.15, 0.2) is 6.61 Å². The van der Waals surface area contributed by atoms with Crippen molar-refractivity contribution in [2.45, 2.75) is 6.54 Å². The lowest BCUT2D eigenvalue weighted by atomic mass is 10.2. The van der Waals surface area contributed by atoms with E-state index in [2.05, 4.69) is 22.3 Å². The van der Waals surface area contributed by atoms with Gasteiger partial charge in [-0.2, -0.15) is 5.26 Å². The maximum atomic E-state index is 8.60. The molecular formula is C17H19N3O. The van der Waals surface area contributed by atoms with Crippen molar-refractivity contribution in [2.24, 2.45) is 0 Å². The van der Waals surface area contributed by atoms with Gasteiger partial charge in [-0.3, -0.25) is 0 Å². The van der Waals surface area contributed by atoms with Crippen molar-refractivity contribution in [2.75, 3.05) is 30.9 Å². The monoisotopic (exact) mass is 281 g/mol. The number of benzene rings is 2. The maximum Gasteiger partial charge on any atom is 0.174 e. The normalized spacial score (nSPS) is 9.76. The number of nitrogens with zero attached hydrogens (tertiary/aromatic N) is 2. The van der Waals surface area contributed by atoms with Gasteiger partial charge in [-0.05, 0) is 30.3 Å². The van der Waals surface area contributed by atoms with E-state index in [-0.39, 0.29) is 6.61 Å². The molecule has 0 amide bonds. The number of rotatable bonds is 6. The molecule has 0 fully saturated rings. The Kier molecular flexibility index (Phi) is 5.05. The zero-order valence-electron chi connectivity index (χ0n) is 12.3. The van der Waals surface area contributed by atoms with Gasteiger partial charge in [0.2, 0.25) is 0 Å². The van der Waals surface area contributed by atoms with Crippen LogP contribution in [0.5, 0.6) is 5.75 Å². The second-order valence-corrected chi connectivity index (χ2v) is 4.85. The first-order chi connectivity index (χ1) is 10.2.